The Morgan fingerprint density at radius 1 is 1.55 bits per heavy atom. The van der Waals surface area contributed by atoms with Crippen LogP contribution in [0.3, 0.4) is 0 Å². The molecule has 0 aliphatic carbocycles. The van der Waals surface area contributed by atoms with Gasteiger partial charge < -0.3 is 5.11 Å². The van der Waals surface area contributed by atoms with E-state index >= 15 is 0 Å². The fourth-order valence-corrected chi connectivity index (χ4v) is 4.31. The number of aliphatic hydroxyl groups is 1. The molecule has 20 heavy (non-hydrogen) atoms. The van der Waals surface area contributed by atoms with Crippen molar-refractivity contribution in [1.29, 1.82) is 0 Å². The van der Waals surface area contributed by atoms with Crippen molar-refractivity contribution in [3.05, 3.63) is 29.7 Å². The minimum absolute atomic E-state index is 0.167. The van der Waals surface area contributed by atoms with Crippen LogP contribution in [0, 0.1) is 5.92 Å². The molecule has 0 amide bonds. The van der Waals surface area contributed by atoms with E-state index in [1.807, 2.05) is 13.8 Å². The third-order valence-electron chi connectivity index (χ3n) is 3.61. The van der Waals surface area contributed by atoms with Gasteiger partial charge in [-0.05, 0) is 35.8 Å². The molecule has 1 heterocycles. The summed E-state index contributed by atoms with van der Waals surface area (Å²) in [6, 6.07) is 1.76. The average Bonchev–Trinajstić information content (AvgIpc) is 2.85. The lowest BCUT2D eigenvalue weighted by Gasteiger charge is -2.28. The molecule has 0 saturated carbocycles. The van der Waals surface area contributed by atoms with Gasteiger partial charge in [-0.2, -0.15) is 0 Å². The van der Waals surface area contributed by atoms with Crippen molar-refractivity contribution in [2.24, 2.45) is 11.1 Å². The smallest absolute Gasteiger partial charge is 0.247 e. The fraction of sp³-hybridized carbons (Fsp3) is 0.571. The van der Waals surface area contributed by atoms with Crippen molar-refractivity contribution in [2.75, 3.05) is 0 Å². The third-order valence-corrected chi connectivity index (χ3v) is 6.07. The van der Waals surface area contributed by atoms with Crippen molar-refractivity contribution in [3.63, 3.8) is 0 Å². The van der Waals surface area contributed by atoms with Crippen molar-refractivity contribution in [2.45, 2.75) is 49.3 Å². The van der Waals surface area contributed by atoms with Gasteiger partial charge in [-0.1, -0.05) is 26.3 Å². The summed E-state index contributed by atoms with van der Waals surface area (Å²) in [6.45, 7) is 7.70. The lowest BCUT2D eigenvalue weighted by molar-refractivity contribution is 0.108. The second-order valence-electron chi connectivity index (χ2n) is 5.05. The van der Waals surface area contributed by atoms with Crippen LogP contribution in [0.5, 0.6) is 0 Å². The Hall–Kier alpha value is -0.690. The third kappa shape index (κ3) is 4.15. The Kier molecular flexibility index (Phi) is 6.39. The summed E-state index contributed by atoms with van der Waals surface area (Å²) in [5.41, 5.74) is 0.642. The summed E-state index contributed by atoms with van der Waals surface area (Å²) in [5.74, 6) is -0.0514. The van der Waals surface area contributed by atoms with Crippen molar-refractivity contribution in [1.82, 2.24) is 0 Å². The van der Waals surface area contributed by atoms with E-state index in [4.69, 9.17) is 5.14 Å². The SMILES string of the molecule is C=CCCC(O)[C@H](c1ccsc1S(N)(=O)=O)[C@@H](C)CC. The van der Waals surface area contributed by atoms with Crippen LogP contribution in [0.4, 0.5) is 0 Å². The van der Waals surface area contributed by atoms with E-state index in [1.165, 1.54) is 0 Å². The van der Waals surface area contributed by atoms with Crippen LogP contribution in [0.25, 0.3) is 0 Å². The molecule has 0 aliphatic heterocycles. The Balaban J connectivity index is 3.18. The first-order valence-corrected chi connectivity index (χ1v) is 9.14. The number of thiophene rings is 1. The average molecular weight is 317 g/mol. The van der Waals surface area contributed by atoms with Gasteiger partial charge in [0.05, 0.1) is 6.10 Å². The van der Waals surface area contributed by atoms with E-state index in [0.717, 1.165) is 17.8 Å². The first-order valence-electron chi connectivity index (χ1n) is 6.72. The monoisotopic (exact) mass is 317 g/mol. The first-order chi connectivity index (χ1) is 9.32. The maximum Gasteiger partial charge on any atom is 0.247 e. The molecule has 0 spiro atoms. The summed E-state index contributed by atoms with van der Waals surface area (Å²) in [4.78, 5) is 0. The van der Waals surface area contributed by atoms with Gasteiger partial charge in [-0.15, -0.1) is 17.9 Å². The van der Waals surface area contributed by atoms with E-state index in [2.05, 4.69) is 6.58 Å². The van der Waals surface area contributed by atoms with Crippen LogP contribution in [-0.2, 0) is 10.0 Å². The number of hydrogen-bond acceptors (Lipinski definition) is 4. The number of rotatable bonds is 8. The Bertz CT molecular complexity index is 536. The molecule has 114 valence electrons. The van der Waals surface area contributed by atoms with Gasteiger partial charge in [0.15, 0.2) is 0 Å². The van der Waals surface area contributed by atoms with Crippen molar-refractivity contribution >= 4 is 21.4 Å². The Labute approximate surface area is 125 Å². The topological polar surface area (TPSA) is 80.4 Å². The van der Waals surface area contributed by atoms with Gasteiger partial charge in [0.2, 0.25) is 10.0 Å². The zero-order chi connectivity index (χ0) is 15.3. The highest BCUT2D eigenvalue weighted by molar-refractivity contribution is 7.91. The first kappa shape index (κ1) is 17.4. The van der Waals surface area contributed by atoms with Gasteiger partial charge in [0, 0.05) is 5.92 Å². The van der Waals surface area contributed by atoms with Crippen LogP contribution >= 0.6 is 11.3 Å². The largest absolute Gasteiger partial charge is 0.392 e. The second-order valence-corrected chi connectivity index (χ2v) is 7.73. The van der Waals surface area contributed by atoms with Gasteiger partial charge in [0.25, 0.3) is 0 Å². The summed E-state index contributed by atoms with van der Waals surface area (Å²) in [6.07, 6.45) is 3.28. The van der Waals surface area contributed by atoms with Crippen molar-refractivity contribution in [3.8, 4) is 0 Å². The highest BCUT2D eigenvalue weighted by atomic mass is 32.2. The fourth-order valence-electron chi connectivity index (χ4n) is 2.40. The Morgan fingerprint density at radius 3 is 2.70 bits per heavy atom. The van der Waals surface area contributed by atoms with Gasteiger partial charge in [-0.25, -0.2) is 13.6 Å². The van der Waals surface area contributed by atoms with Crippen LogP contribution in [0.15, 0.2) is 28.3 Å². The highest BCUT2D eigenvalue weighted by Crippen LogP contribution is 2.37. The molecule has 1 aromatic rings. The van der Waals surface area contributed by atoms with E-state index in [9.17, 15) is 13.5 Å². The summed E-state index contributed by atoms with van der Waals surface area (Å²) < 4.78 is 23.5. The molecule has 0 bridgehead atoms. The minimum Gasteiger partial charge on any atom is -0.392 e. The number of allylic oxidation sites excluding steroid dienone is 1. The highest BCUT2D eigenvalue weighted by Gasteiger charge is 2.31. The van der Waals surface area contributed by atoms with E-state index < -0.39 is 16.1 Å². The standard InChI is InChI=1S/C14H23NO3S2/c1-4-6-7-12(16)13(10(3)5-2)11-8-9-19-14(11)20(15,17)18/h4,8-10,12-13,16H,1,5-7H2,2-3H3,(H2,15,17,18)/t10-,12?,13-/m0/s1. The van der Waals surface area contributed by atoms with Gasteiger partial charge in [-0.3, -0.25) is 0 Å². The molecule has 1 rings (SSSR count). The Morgan fingerprint density at radius 2 is 2.20 bits per heavy atom. The summed E-state index contributed by atoms with van der Waals surface area (Å²) >= 11 is 1.11. The second kappa shape index (κ2) is 7.36. The van der Waals surface area contributed by atoms with Crippen LogP contribution in [0.2, 0.25) is 0 Å². The summed E-state index contributed by atoms with van der Waals surface area (Å²) in [7, 11) is -3.74. The molecule has 0 radical (unpaired) electrons. The number of hydrogen-bond donors (Lipinski definition) is 2. The lowest BCUT2D eigenvalue weighted by Crippen LogP contribution is -2.26. The maximum absolute atomic E-state index is 11.7. The molecule has 6 heteroatoms. The molecule has 3 atom stereocenters. The van der Waals surface area contributed by atoms with Crippen molar-refractivity contribution < 1.29 is 13.5 Å². The number of primary sulfonamides is 1. The van der Waals surface area contributed by atoms with Crippen LogP contribution < -0.4 is 5.14 Å². The number of sulfonamides is 1. The van der Waals surface area contributed by atoms with Gasteiger partial charge in [0.1, 0.15) is 4.21 Å². The molecule has 4 nitrogen and oxygen atoms in total. The quantitative estimate of drug-likeness (QED) is 0.723. The predicted molar refractivity (Wildman–Crippen MR) is 83.3 cm³/mol. The zero-order valence-electron chi connectivity index (χ0n) is 12.0. The molecular formula is C14H23NO3S2. The van der Waals surface area contributed by atoms with E-state index in [1.54, 1.807) is 17.5 Å². The molecule has 0 aliphatic rings. The number of nitrogens with two attached hydrogens (primary N) is 1. The molecule has 1 aromatic heterocycles. The molecule has 0 fully saturated rings. The normalized spacial score (nSPS) is 16.6. The van der Waals surface area contributed by atoms with Gasteiger partial charge >= 0.3 is 0 Å². The molecule has 0 aromatic carbocycles. The molecule has 1 unspecified atom stereocenters. The predicted octanol–water partition coefficient (Wildman–Crippen LogP) is 2.85. The summed E-state index contributed by atoms with van der Waals surface area (Å²) in [5, 5.41) is 17.4. The van der Waals surface area contributed by atoms with E-state index in [-0.39, 0.29) is 16.0 Å². The number of aliphatic hydroxyl groups excluding tert-OH is 1. The molecule has 0 saturated heterocycles. The molecule has 3 N–H and O–H groups in total. The van der Waals surface area contributed by atoms with E-state index in [0.29, 0.717) is 18.4 Å². The minimum atomic E-state index is -3.74. The van der Waals surface area contributed by atoms with Crippen LogP contribution in [0.1, 0.15) is 44.6 Å². The van der Waals surface area contributed by atoms with Crippen LogP contribution in [-0.4, -0.2) is 19.6 Å². The lowest BCUT2D eigenvalue weighted by atomic mass is 9.81. The molecular weight excluding hydrogens is 294 g/mol. The maximum atomic E-state index is 11.7. The zero-order valence-corrected chi connectivity index (χ0v) is 13.6.